The highest BCUT2D eigenvalue weighted by Gasteiger charge is 2.30. The van der Waals surface area contributed by atoms with Crippen LogP contribution in [0.25, 0.3) is 0 Å². The van der Waals surface area contributed by atoms with Gasteiger partial charge in [0.1, 0.15) is 5.75 Å². The number of rotatable bonds is 7. The fraction of sp³-hybridized carbons (Fsp3) is 0.312. The van der Waals surface area contributed by atoms with Gasteiger partial charge in [-0.1, -0.05) is 0 Å². The smallest absolute Gasteiger partial charge is 0.406 e. The average Bonchev–Trinajstić information content (AvgIpc) is 2.91. The van der Waals surface area contributed by atoms with E-state index in [1.807, 2.05) is 6.92 Å². The minimum Gasteiger partial charge on any atom is -0.406 e. The van der Waals surface area contributed by atoms with Crippen LogP contribution >= 0.6 is 35.3 Å². The fourth-order valence-corrected chi connectivity index (χ4v) is 4.81. The van der Waals surface area contributed by atoms with Crippen molar-refractivity contribution in [1.29, 1.82) is 0 Å². The highest BCUT2D eigenvalue weighted by atomic mass is 127. The van der Waals surface area contributed by atoms with Crippen LogP contribution in [-0.2, 0) is 10.0 Å². The molecule has 0 atom stereocenters. The standard InChI is InChI=1S/C16H19F3N4O3S2.HI/c1-10-9-14(11(2)27-10)28(24,25)22-8-7-21-15(20)23-12-3-5-13(6-4-12)26-16(17,18)19;/h3-6,9,22H,7-8H2,1-2H3,(H3,20,21,23);1H. The van der Waals surface area contributed by atoms with Crippen LogP contribution in [0.5, 0.6) is 5.75 Å². The molecule has 13 heteroatoms. The minimum atomic E-state index is -4.76. The minimum absolute atomic E-state index is 0. The predicted octanol–water partition coefficient (Wildman–Crippen LogP) is 3.59. The van der Waals surface area contributed by atoms with E-state index in [0.29, 0.717) is 10.6 Å². The summed E-state index contributed by atoms with van der Waals surface area (Å²) in [5.41, 5.74) is 6.09. The van der Waals surface area contributed by atoms with Crippen LogP contribution in [0.1, 0.15) is 9.75 Å². The second-order valence-electron chi connectivity index (χ2n) is 5.64. The predicted molar refractivity (Wildman–Crippen MR) is 118 cm³/mol. The number of nitrogens with two attached hydrogens (primary N) is 1. The van der Waals surface area contributed by atoms with E-state index in [1.165, 1.54) is 23.5 Å². The van der Waals surface area contributed by atoms with E-state index in [4.69, 9.17) is 5.73 Å². The van der Waals surface area contributed by atoms with Crippen molar-refractivity contribution in [1.82, 2.24) is 4.72 Å². The van der Waals surface area contributed by atoms with E-state index < -0.39 is 16.4 Å². The van der Waals surface area contributed by atoms with Gasteiger partial charge >= 0.3 is 6.36 Å². The van der Waals surface area contributed by atoms with Crippen LogP contribution in [0.2, 0.25) is 0 Å². The third-order valence-electron chi connectivity index (χ3n) is 3.33. The first-order chi connectivity index (χ1) is 13.0. The van der Waals surface area contributed by atoms with Gasteiger partial charge in [-0.25, -0.2) is 13.1 Å². The Balaban J connectivity index is 0.00000420. The molecule has 0 amide bonds. The summed E-state index contributed by atoms with van der Waals surface area (Å²) in [7, 11) is -3.62. The largest absolute Gasteiger partial charge is 0.573 e. The van der Waals surface area contributed by atoms with E-state index >= 15 is 0 Å². The molecule has 29 heavy (non-hydrogen) atoms. The number of guanidine groups is 1. The second-order valence-corrected chi connectivity index (χ2v) is 8.84. The zero-order valence-corrected chi connectivity index (χ0v) is 19.4. The summed E-state index contributed by atoms with van der Waals surface area (Å²) in [6.07, 6.45) is -4.76. The molecule has 0 aliphatic rings. The monoisotopic (exact) mass is 564 g/mol. The summed E-state index contributed by atoms with van der Waals surface area (Å²) in [6.45, 7) is 3.68. The molecule has 0 bridgehead atoms. The molecule has 7 nitrogen and oxygen atoms in total. The normalized spacial score (nSPS) is 12.4. The number of alkyl halides is 3. The molecule has 4 N–H and O–H groups in total. The average molecular weight is 564 g/mol. The van der Waals surface area contributed by atoms with Gasteiger partial charge in [-0.2, -0.15) is 0 Å². The molecule has 0 saturated heterocycles. The number of nitrogens with zero attached hydrogens (tertiary/aromatic N) is 1. The summed E-state index contributed by atoms with van der Waals surface area (Å²) in [4.78, 5) is 5.82. The lowest BCUT2D eigenvalue weighted by Gasteiger charge is -2.10. The second kappa shape index (κ2) is 10.4. The molecule has 2 rings (SSSR count). The van der Waals surface area contributed by atoms with Crippen molar-refractivity contribution in [2.24, 2.45) is 10.7 Å². The van der Waals surface area contributed by atoms with Gasteiger partial charge in [0.2, 0.25) is 10.0 Å². The molecule has 0 radical (unpaired) electrons. The van der Waals surface area contributed by atoms with Crippen molar-refractivity contribution in [3.63, 3.8) is 0 Å². The topological polar surface area (TPSA) is 106 Å². The van der Waals surface area contributed by atoms with Gasteiger partial charge in [-0.15, -0.1) is 48.5 Å². The number of halogens is 4. The van der Waals surface area contributed by atoms with E-state index in [0.717, 1.165) is 17.0 Å². The molecule has 0 aliphatic carbocycles. The maximum absolute atomic E-state index is 12.2. The van der Waals surface area contributed by atoms with Gasteiger partial charge in [-0.05, 0) is 44.2 Å². The quantitative estimate of drug-likeness (QED) is 0.207. The maximum atomic E-state index is 12.2. The molecule has 0 saturated carbocycles. The fourth-order valence-electron chi connectivity index (χ4n) is 2.24. The number of aliphatic imine (C=N–C) groups is 1. The number of hydrogen-bond donors (Lipinski definition) is 3. The number of sulfonamides is 1. The molecule has 2 aromatic rings. The summed E-state index contributed by atoms with van der Waals surface area (Å²) in [6, 6.07) is 6.54. The van der Waals surface area contributed by atoms with E-state index in [-0.39, 0.29) is 53.7 Å². The molecular weight excluding hydrogens is 544 g/mol. The van der Waals surface area contributed by atoms with Crippen LogP contribution < -0.4 is 20.5 Å². The van der Waals surface area contributed by atoms with Crippen molar-refractivity contribution in [2.45, 2.75) is 25.1 Å². The van der Waals surface area contributed by atoms with Gasteiger partial charge in [0.25, 0.3) is 0 Å². The van der Waals surface area contributed by atoms with Crippen LogP contribution in [0.3, 0.4) is 0 Å². The van der Waals surface area contributed by atoms with Crippen LogP contribution in [0.15, 0.2) is 40.2 Å². The summed E-state index contributed by atoms with van der Waals surface area (Å²) >= 11 is 1.40. The number of hydrogen-bond acceptors (Lipinski definition) is 5. The first-order valence-corrected chi connectivity index (χ1v) is 10.3. The maximum Gasteiger partial charge on any atom is 0.573 e. The van der Waals surface area contributed by atoms with Crippen molar-refractivity contribution < 1.29 is 26.3 Å². The number of benzene rings is 1. The molecule has 1 aromatic carbocycles. The van der Waals surface area contributed by atoms with Crippen LogP contribution in [0, 0.1) is 13.8 Å². The Bertz CT molecular complexity index is 945. The Morgan fingerprint density at radius 2 is 1.86 bits per heavy atom. The highest BCUT2D eigenvalue weighted by Crippen LogP contribution is 2.25. The van der Waals surface area contributed by atoms with E-state index in [9.17, 15) is 21.6 Å². The number of nitrogens with one attached hydrogen (secondary N) is 2. The van der Waals surface area contributed by atoms with Crippen LogP contribution in [-0.4, -0.2) is 33.8 Å². The van der Waals surface area contributed by atoms with Gasteiger partial charge in [0, 0.05) is 22.0 Å². The molecule has 0 spiro atoms. The number of aryl methyl sites for hydroxylation is 2. The van der Waals surface area contributed by atoms with Crippen molar-refractivity contribution in [3.8, 4) is 5.75 Å². The van der Waals surface area contributed by atoms with Gasteiger partial charge in [0.05, 0.1) is 11.4 Å². The molecule has 0 unspecified atom stereocenters. The SMILES string of the molecule is Cc1cc(S(=O)(=O)NCCN=C(N)Nc2ccc(OC(F)(F)F)cc2)c(C)s1.I. The van der Waals surface area contributed by atoms with E-state index in [2.05, 4.69) is 19.8 Å². The van der Waals surface area contributed by atoms with Crippen LogP contribution in [0.4, 0.5) is 18.9 Å². The van der Waals surface area contributed by atoms with Crippen molar-refractivity contribution in [2.75, 3.05) is 18.4 Å². The van der Waals surface area contributed by atoms with E-state index in [1.54, 1.807) is 13.0 Å². The first kappa shape index (κ1) is 25.5. The first-order valence-electron chi connectivity index (χ1n) is 7.96. The molecular formula is C16H20F3IN4O3S2. The lowest BCUT2D eigenvalue weighted by atomic mass is 10.3. The molecule has 0 aliphatic heterocycles. The summed E-state index contributed by atoms with van der Waals surface area (Å²) in [5, 5.41) is 2.69. The zero-order chi connectivity index (χ0) is 20.9. The Labute approximate surface area is 187 Å². The third kappa shape index (κ3) is 8.36. The van der Waals surface area contributed by atoms with Crippen molar-refractivity contribution >= 4 is 57.0 Å². The van der Waals surface area contributed by atoms with Gasteiger partial charge in [-0.3, -0.25) is 4.99 Å². The molecule has 0 fully saturated rings. The highest BCUT2D eigenvalue weighted by molar-refractivity contribution is 14.0. The Kier molecular flexibility index (Phi) is 9.17. The zero-order valence-electron chi connectivity index (χ0n) is 15.4. The lowest BCUT2D eigenvalue weighted by Crippen LogP contribution is -2.28. The van der Waals surface area contributed by atoms with Gasteiger partial charge in [0.15, 0.2) is 5.96 Å². The molecule has 1 aromatic heterocycles. The summed E-state index contributed by atoms with van der Waals surface area (Å²) in [5.74, 6) is -0.367. The molecule has 1 heterocycles. The van der Waals surface area contributed by atoms with Crippen molar-refractivity contribution in [3.05, 3.63) is 40.1 Å². The number of anilines is 1. The summed E-state index contributed by atoms with van der Waals surface area (Å²) < 4.78 is 67.0. The Hall–Kier alpha value is -1.58. The lowest BCUT2D eigenvalue weighted by molar-refractivity contribution is -0.274. The number of thiophene rings is 1. The Morgan fingerprint density at radius 1 is 1.24 bits per heavy atom. The third-order valence-corrected chi connectivity index (χ3v) is 6.01. The van der Waals surface area contributed by atoms with Gasteiger partial charge < -0.3 is 15.8 Å². The number of ether oxygens (including phenoxy) is 1. The Morgan fingerprint density at radius 3 is 2.38 bits per heavy atom. The molecule has 162 valence electrons.